The maximum absolute atomic E-state index is 13.2. The SMILES string of the molecule is O=C(NC1CCN(C2CCCCCC2)C1)c1cncn1-c1ccc(F)cc1. The van der Waals surface area contributed by atoms with Gasteiger partial charge in [-0.3, -0.25) is 14.3 Å². The first-order valence-corrected chi connectivity index (χ1v) is 10.0. The van der Waals surface area contributed by atoms with E-state index >= 15 is 0 Å². The van der Waals surface area contributed by atoms with Gasteiger partial charge >= 0.3 is 0 Å². The van der Waals surface area contributed by atoms with Crippen molar-refractivity contribution in [3.63, 3.8) is 0 Å². The molecule has 1 aliphatic heterocycles. The molecule has 1 aromatic heterocycles. The second-order valence-electron chi connectivity index (χ2n) is 7.72. The van der Waals surface area contributed by atoms with Crippen LogP contribution in [-0.4, -0.2) is 45.5 Å². The molecule has 2 fully saturated rings. The van der Waals surface area contributed by atoms with E-state index in [1.165, 1.54) is 50.7 Å². The zero-order chi connectivity index (χ0) is 18.6. The van der Waals surface area contributed by atoms with Crippen molar-refractivity contribution in [1.82, 2.24) is 19.8 Å². The molecule has 1 unspecified atom stereocenters. The van der Waals surface area contributed by atoms with Gasteiger partial charge in [-0.15, -0.1) is 0 Å². The van der Waals surface area contributed by atoms with Gasteiger partial charge in [-0.05, 0) is 43.5 Å². The fourth-order valence-corrected chi connectivity index (χ4v) is 4.39. The molecule has 1 N–H and O–H groups in total. The largest absolute Gasteiger partial charge is 0.347 e. The second kappa shape index (κ2) is 8.21. The van der Waals surface area contributed by atoms with Crippen LogP contribution in [0.1, 0.15) is 55.4 Å². The van der Waals surface area contributed by atoms with Gasteiger partial charge in [0.2, 0.25) is 0 Å². The quantitative estimate of drug-likeness (QED) is 0.838. The van der Waals surface area contributed by atoms with Crippen molar-refractivity contribution < 1.29 is 9.18 Å². The first-order chi connectivity index (χ1) is 13.2. The molecule has 0 spiro atoms. The third kappa shape index (κ3) is 4.21. The number of rotatable bonds is 4. The van der Waals surface area contributed by atoms with Gasteiger partial charge in [-0.25, -0.2) is 9.37 Å². The van der Waals surface area contributed by atoms with Crippen LogP contribution in [0.25, 0.3) is 5.69 Å². The average Bonchev–Trinajstić information content (AvgIpc) is 3.26. The van der Waals surface area contributed by atoms with Gasteiger partial charge in [-0.1, -0.05) is 25.7 Å². The summed E-state index contributed by atoms with van der Waals surface area (Å²) in [6.45, 7) is 1.99. The normalized spacial score (nSPS) is 21.9. The maximum atomic E-state index is 13.2. The summed E-state index contributed by atoms with van der Waals surface area (Å²) in [4.78, 5) is 19.5. The van der Waals surface area contributed by atoms with Crippen LogP contribution >= 0.6 is 0 Å². The Morgan fingerprint density at radius 2 is 1.81 bits per heavy atom. The zero-order valence-electron chi connectivity index (χ0n) is 15.6. The fraction of sp³-hybridized carbons (Fsp3) is 0.524. The van der Waals surface area contributed by atoms with E-state index in [0.717, 1.165) is 25.2 Å². The Balaban J connectivity index is 1.39. The van der Waals surface area contributed by atoms with E-state index in [0.29, 0.717) is 11.7 Å². The lowest BCUT2D eigenvalue weighted by Crippen LogP contribution is -2.40. The van der Waals surface area contributed by atoms with Crippen molar-refractivity contribution >= 4 is 5.91 Å². The van der Waals surface area contributed by atoms with E-state index in [1.54, 1.807) is 29.2 Å². The molecule has 5 nitrogen and oxygen atoms in total. The van der Waals surface area contributed by atoms with E-state index < -0.39 is 0 Å². The zero-order valence-corrected chi connectivity index (χ0v) is 15.6. The molecule has 1 aromatic carbocycles. The van der Waals surface area contributed by atoms with E-state index in [2.05, 4.69) is 15.2 Å². The molecule has 2 aromatic rings. The molecule has 27 heavy (non-hydrogen) atoms. The summed E-state index contributed by atoms with van der Waals surface area (Å²) < 4.78 is 14.9. The number of halogens is 1. The number of likely N-dealkylation sites (tertiary alicyclic amines) is 1. The highest BCUT2D eigenvalue weighted by Gasteiger charge is 2.30. The van der Waals surface area contributed by atoms with Crippen molar-refractivity contribution in [2.75, 3.05) is 13.1 Å². The number of amides is 1. The number of nitrogens with zero attached hydrogens (tertiary/aromatic N) is 3. The molecule has 144 valence electrons. The van der Waals surface area contributed by atoms with Crippen LogP contribution in [0.5, 0.6) is 0 Å². The van der Waals surface area contributed by atoms with Crippen LogP contribution in [-0.2, 0) is 0 Å². The van der Waals surface area contributed by atoms with Crippen molar-refractivity contribution in [3.8, 4) is 5.69 Å². The van der Waals surface area contributed by atoms with Crippen LogP contribution in [0, 0.1) is 5.82 Å². The fourth-order valence-electron chi connectivity index (χ4n) is 4.39. The number of imidazole rings is 1. The Hall–Kier alpha value is -2.21. The summed E-state index contributed by atoms with van der Waals surface area (Å²) in [5.74, 6) is -0.418. The molecule has 2 aliphatic rings. The summed E-state index contributed by atoms with van der Waals surface area (Å²) in [6, 6.07) is 6.93. The number of benzene rings is 1. The molecule has 1 saturated carbocycles. The Morgan fingerprint density at radius 3 is 2.56 bits per heavy atom. The molecule has 0 radical (unpaired) electrons. The van der Waals surface area contributed by atoms with Crippen molar-refractivity contribution in [2.24, 2.45) is 0 Å². The highest BCUT2D eigenvalue weighted by atomic mass is 19.1. The lowest BCUT2D eigenvalue weighted by molar-refractivity contribution is 0.0928. The number of hydrogen-bond acceptors (Lipinski definition) is 3. The molecule has 2 heterocycles. The molecular formula is C21H27FN4O. The molecule has 1 saturated heterocycles. The minimum Gasteiger partial charge on any atom is -0.347 e. The Morgan fingerprint density at radius 1 is 1.07 bits per heavy atom. The van der Waals surface area contributed by atoms with Crippen LogP contribution in [0.4, 0.5) is 4.39 Å². The van der Waals surface area contributed by atoms with Crippen LogP contribution in [0.2, 0.25) is 0 Å². The summed E-state index contributed by atoms with van der Waals surface area (Å²) in [5.41, 5.74) is 1.21. The Labute approximate surface area is 159 Å². The molecule has 0 bridgehead atoms. The summed E-state index contributed by atoms with van der Waals surface area (Å²) >= 11 is 0. The van der Waals surface area contributed by atoms with Gasteiger partial charge in [0, 0.05) is 30.9 Å². The second-order valence-corrected chi connectivity index (χ2v) is 7.72. The molecule has 1 aliphatic carbocycles. The first-order valence-electron chi connectivity index (χ1n) is 10.0. The Kier molecular flexibility index (Phi) is 5.53. The molecule has 6 heteroatoms. The smallest absolute Gasteiger partial charge is 0.270 e. The highest BCUT2D eigenvalue weighted by molar-refractivity contribution is 5.93. The predicted octanol–water partition coefficient (Wildman–Crippen LogP) is 3.54. The average molecular weight is 370 g/mol. The summed E-state index contributed by atoms with van der Waals surface area (Å²) in [5, 5.41) is 3.17. The van der Waals surface area contributed by atoms with Crippen molar-refractivity contribution in [2.45, 2.75) is 57.0 Å². The van der Waals surface area contributed by atoms with Crippen molar-refractivity contribution in [1.29, 1.82) is 0 Å². The van der Waals surface area contributed by atoms with E-state index in [-0.39, 0.29) is 17.8 Å². The highest BCUT2D eigenvalue weighted by Crippen LogP contribution is 2.25. The topological polar surface area (TPSA) is 50.2 Å². The maximum Gasteiger partial charge on any atom is 0.270 e. The standard InChI is InChI=1S/C21H27FN4O/c22-16-7-9-19(10-8-16)26-15-23-13-20(26)21(27)24-17-11-12-25(14-17)18-5-3-1-2-4-6-18/h7-10,13,15,17-18H,1-6,11-12,14H2,(H,24,27). The number of carbonyl (C=O) groups excluding carboxylic acids is 1. The number of carbonyl (C=O) groups is 1. The van der Waals surface area contributed by atoms with Gasteiger partial charge in [-0.2, -0.15) is 0 Å². The Bertz CT molecular complexity index is 765. The first kappa shape index (κ1) is 18.2. The molecule has 4 rings (SSSR count). The monoisotopic (exact) mass is 370 g/mol. The molecular weight excluding hydrogens is 343 g/mol. The minimum absolute atomic E-state index is 0.121. The van der Waals surface area contributed by atoms with Gasteiger partial charge in [0.05, 0.1) is 12.5 Å². The van der Waals surface area contributed by atoms with Crippen LogP contribution in [0.15, 0.2) is 36.8 Å². The number of nitrogens with one attached hydrogen (secondary N) is 1. The number of aromatic nitrogens is 2. The van der Waals surface area contributed by atoms with Gasteiger partial charge < -0.3 is 5.32 Å². The predicted molar refractivity (Wildman–Crippen MR) is 102 cm³/mol. The van der Waals surface area contributed by atoms with Gasteiger partial charge in [0.1, 0.15) is 11.5 Å². The summed E-state index contributed by atoms with van der Waals surface area (Å²) in [6.07, 6.45) is 12.1. The van der Waals surface area contributed by atoms with Crippen molar-refractivity contribution in [3.05, 3.63) is 48.3 Å². The third-order valence-electron chi connectivity index (χ3n) is 5.87. The van der Waals surface area contributed by atoms with Gasteiger partial charge in [0.25, 0.3) is 5.91 Å². The molecule has 1 atom stereocenters. The lowest BCUT2D eigenvalue weighted by atomic mass is 10.1. The minimum atomic E-state index is -0.297. The number of hydrogen-bond donors (Lipinski definition) is 1. The van der Waals surface area contributed by atoms with Crippen LogP contribution in [0.3, 0.4) is 0 Å². The molecule has 1 amide bonds. The third-order valence-corrected chi connectivity index (χ3v) is 5.87. The lowest BCUT2D eigenvalue weighted by Gasteiger charge is -2.26. The van der Waals surface area contributed by atoms with Crippen LogP contribution < -0.4 is 5.32 Å². The van der Waals surface area contributed by atoms with E-state index in [9.17, 15) is 9.18 Å². The van der Waals surface area contributed by atoms with Gasteiger partial charge in [0.15, 0.2) is 0 Å². The summed E-state index contributed by atoms with van der Waals surface area (Å²) in [7, 11) is 0. The van der Waals surface area contributed by atoms with E-state index in [4.69, 9.17) is 0 Å². The van der Waals surface area contributed by atoms with E-state index in [1.807, 2.05) is 0 Å².